The highest BCUT2D eigenvalue weighted by atomic mass is 31.1. The molecule has 2 atom stereocenters. The average molecular weight is 411 g/mol. The van der Waals surface area contributed by atoms with Gasteiger partial charge in [-0.15, -0.1) is 0 Å². The number of carbonyl (C=O) groups is 1. The summed E-state index contributed by atoms with van der Waals surface area (Å²) >= 11 is 0. The minimum Gasteiger partial charge on any atom is -0.349 e. The molecule has 1 aliphatic carbocycles. The highest BCUT2D eigenvalue weighted by Crippen LogP contribution is 2.33. The highest BCUT2D eigenvalue weighted by molar-refractivity contribution is 7.47. The van der Waals surface area contributed by atoms with Crippen molar-refractivity contribution in [3.63, 3.8) is 0 Å². The molecule has 0 aliphatic heterocycles. The summed E-state index contributed by atoms with van der Waals surface area (Å²) in [4.78, 5) is 16.9. The largest absolute Gasteiger partial charge is 0.349 e. The number of nitrogens with zero attached hydrogens (tertiary/aromatic N) is 2. The van der Waals surface area contributed by atoms with Gasteiger partial charge in [0.2, 0.25) is 0 Å². The van der Waals surface area contributed by atoms with E-state index in [-0.39, 0.29) is 11.9 Å². The van der Waals surface area contributed by atoms with Crippen LogP contribution in [0.15, 0.2) is 48.7 Å². The van der Waals surface area contributed by atoms with Crippen LogP contribution < -0.4 is 10.8 Å². The number of fused-ring (bicyclic) bond motifs is 1. The molecule has 29 heavy (non-hydrogen) atoms. The maximum Gasteiger partial charge on any atom is 0.251 e. The van der Waals surface area contributed by atoms with E-state index in [1.807, 2.05) is 53.9 Å². The van der Waals surface area contributed by atoms with Gasteiger partial charge in [0.05, 0.1) is 5.69 Å². The van der Waals surface area contributed by atoms with Crippen LogP contribution in [0.25, 0.3) is 5.65 Å². The lowest BCUT2D eigenvalue weighted by Gasteiger charge is -2.29. The minimum atomic E-state index is -1.06. The summed E-state index contributed by atoms with van der Waals surface area (Å²) in [6.45, 7) is 3.52. The number of hydrogen-bond acceptors (Lipinski definition) is 2. The zero-order valence-corrected chi connectivity index (χ0v) is 17.9. The van der Waals surface area contributed by atoms with Crippen LogP contribution in [0.5, 0.6) is 0 Å². The predicted molar refractivity (Wildman–Crippen MR) is 117 cm³/mol. The lowest BCUT2D eigenvalue weighted by Crippen LogP contribution is -2.38. The van der Waals surface area contributed by atoms with Crippen LogP contribution in [0.3, 0.4) is 0 Å². The Morgan fingerprint density at radius 3 is 2.69 bits per heavy atom. The van der Waals surface area contributed by atoms with Crippen molar-refractivity contribution in [1.29, 1.82) is 0 Å². The molecule has 3 aromatic rings. The summed E-state index contributed by atoms with van der Waals surface area (Å²) in [5.41, 5.74) is 4.94. The van der Waals surface area contributed by atoms with Crippen molar-refractivity contribution in [3.8, 4) is 0 Å². The fourth-order valence-electron chi connectivity index (χ4n) is 3.99. The van der Waals surface area contributed by atoms with Crippen LogP contribution in [0.1, 0.15) is 60.4 Å². The fourth-order valence-corrected chi connectivity index (χ4v) is 5.54. The number of rotatable bonds is 5. The maximum absolute atomic E-state index is 13.6. The number of aryl methyl sites for hydroxylation is 1. The van der Waals surface area contributed by atoms with Gasteiger partial charge in [-0.2, -0.15) is 0 Å². The molecule has 0 spiro atoms. The number of amides is 1. The van der Waals surface area contributed by atoms with Gasteiger partial charge in [-0.3, -0.25) is 9.20 Å². The third-order valence-corrected chi connectivity index (χ3v) is 7.30. The molecule has 0 saturated heterocycles. The number of halogens is 1. The molecule has 1 aromatic carbocycles. The summed E-state index contributed by atoms with van der Waals surface area (Å²) in [5, 5.41) is 3.20. The maximum atomic E-state index is 13.6. The molecule has 2 aromatic heterocycles. The zero-order chi connectivity index (χ0) is 20.4. The molecule has 1 amide bonds. The average Bonchev–Trinajstić information content (AvgIpc) is 3.15. The second-order valence-electron chi connectivity index (χ2n) is 7.96. The molecular weight excluding hydrogens is 384 g/mol. The van der Waals surface area contributed by atoms with Crippen molar-refractivity contribution in [3.05, 3.63) is 65.5 Å². The lowest BCUT2D eigenvalue weighted by molar-refractivity contribution is 0.0928. The van der Waals surface area contributed by atoms with Crippen molar-refractivity contribution in [2.24, 2.45) is 0 Å². The standard InChI is InChI=1S/C23H27FN3OP/c1-15-5-3-6-17(13-15)23(28)25-18-9-11-19(12-10-18)29-22-8-4-7-21-26-20(16(2)24)14-27(21)22/h3-8,13-14,16,18-19,29H,9-12H2,1-2H3,(H,25,28). The summed E-state index contributed by atoms with van der Waals surface area (Å²) in [7, 11) is 0.659. The van der Waals surface area contributed by atoms with Crippen LogP contribution in [0.4, 0.5) is 4.39 Å². The van der Waals surface area contributed by atoms with E-state index >= 15 is 0 Å². The summed E-state index contributed by atoms with van der Waals surface area (Å²) in [6.07, 6.45) is 4.96. The number of aromatic nitrogens is 2. The van der Waals surface area contributed by atoms with E-state index in [4.69, 9.17) is 0 Å². The first kappa shape index (κ1) is 20.0. The normalized spacial score (nSPS) is 20.9. The number of alkyl halides is 1. The van der Waals surface area contributed by atoms with Crippen LogP contribution in [0, 0.1) is 6.92 Å². The van der Waals surface area contributed by atoms with Gasteiger partial charge in [0.15, 0.2) is 0 Å². The molecule has 1 fully saturated rings. The monoisotopic (exact) mass is 411 g/mol. The SMILES string of the molecule is Cc1cccc(C(=O)NC2CCC(Pc3cccc4nc(C(C)F)cn34)CC2)c1. The summed E-state index contributed by atoms with van der Waals surface area (Å²) in [6, 6.07) is 14.0. The van der Waals surface area contributed by atoms with Gasteiger partial charge < -0.3 is 5.32 Å². The second-order valence-corrected chi connectivity index (χ2v) is 9.57. The van der Waals surface area contributed by atoms with Crippen LogP contribution in [-0.2, 0) is 0 Å². The quantitative estimate of drug-likeness (QED) is 0.618. The summed E-state index contributed by atoms with van der Waals surface area (Å²) in [5.74, 6) is 0.0238. The topological polar surface area (TPSA) is 46.4 Å². The molecule has 1 aliphatic rings. The Kier molecular flexibility index (Phi) is 5.96. The first-order chi connectivity index (χ1) is 14.0. The van der Waals surface area contributed by atoms with Gasteiger partial charge in [-0.05, 0) is 69.5 Å². The van der Waals surface area contributed by atoms with E-state index in [0.717, 1.165) is 42.5 Å². The Bertz CT molecular complexity index is 1010. The van der Waals surface area contributed by atoms with Crippen LogP contribution in [0.2, 0.25) is 0 Å². The van der Waals surface area contributed by atoms with Crippen LogP contribution >= 0.6 is 8.58 Å². The van der Waals surface area contributed by atoms with Gasteiger partial charge >= 0.3 is 0 Å². The van der Waals surface area contributed by atoms with E-state index in [9.17, 15) is 9.18 Å². The smallest absolute Gasteiger partial charge is 0.251 e. The van der Waals surface area contributed by atoms with Gasteiger partial charge in [0.25, 0.3) is 5.91 Å². The molecule has 4 rings (SSSR count). The van der Waals surface area contributed by atoms with E-state index in [2.05, 4.69) is 16.4 Å². The molecule has 2 heterocycles. The second kappa shape index (κ2) is 8.62. The number of carbonyl (C=O) groups excluding carboxylic acids is 1. The molecule has 6 heteroatoms. The van der Waals surface area contributed by atoms with Crippen molar-refractivity contribution in [2.45, 2.75) is 57.4 Å². The van der Waals surface area contributed by atoms with Crippen molar-refractivity contribution in [1.82, 2.24) is 14.7 Å². The van der Waals surface area contributed by atoms with E-state index in [1.54, 1.807) is 0 Å². The molecule has 0 bridgehead atoms. The Morgan fingerprint density at radius 1 is 1.21 bits per heavy atom. The lowest BCUT2D eigenvalue weighted by atomic mass is 9.94. The number of nitrogens with one attached hydrogen (secondary N) is 1. The third-order valence-electron chi connectivity index (χ3n) is 5.61. The van der Waals surface area contributed by atoms with Crippen molar-refractivity contribution >= 4 is 25.6 Å². The molecule has 2 unspecified atom stereocenters. The third kappa shape index (κ3) is 4.67. The number of hydrogen-bond donors (Lipinski definition) is 1. The zero-order valence-electron chi connectivity index (χ0n) is 16.9. The molecule has 4 nitrogen and oxygen atoms in total. The minimum absolute atomic E-state index is 0.0238. The Balaban J connectivity index is 1.35. The summed E-state index contributed by atoms with van der Waals surface area (Å²) < 4.78 is 15.7. The van der Waals surface area contributed by atoms with Gasteiger partial charge in [-0.1, -0.05) is 32.3 Å². The van der Waals surface area contributed by atoms with Gasteiger partial charge in [0.1, 0.15) is 11.8 Å². The molecular formula is C23H27FN3OP. The first-order valence-electron chi connectivity index (χ1n) is 10.3. The predicted octanol–water partition coefficient (Wildman–Crippen LogP) is 4.72. The Hall–Kier alpha value is -2.26. The van der Waals surface area contributed by atoms with E-state index in [0.29, 0.717) is 19.9 Å². The van der Waals surface area contributed by atoms with E-state index < -0.39 is 6.17 Å². The van der Waals surface area contributed by atoms with Crippen molar-refractivity contribution in [2.75, 3.05) is 0 Å². The van der Waals surface area contributed by atoms with E-state index in [1.165, 1.54) is 12.4 Å². The number of imidazole rings is 1. The fraction of sp³-hybridized carbons (Fsp3) is 0.391. The number of pyridine rings is 1. The molecule has 1 N–H and O–H groups in total. The highest BCUT2D eigenvalue weighted by Gasteiger charge is 2.24. The van der Waals surface area contributed by atoms with Crippen LogP contribution in [-0.4, -0.2) is 27.0 Å². The van der Waals surface area contributed by atoms with Gasteiger partial charge in [-0.25, -0.2) is 9.37 Å². The molecule has 152 valence electrons. The Morgan fingerprint density at radius 2 is 1.97 bits per heavy atom. The molecule has 0 radical (unpaired) electrons. The van der Waals surface area contributed by atoms with Gasteiger partial charge in [0, 0.05) is 23.2 Å². The first-order valence-corrected chi connectivity index (χ1v) is 11.3. The molecule has 1 saturated carbocycles. The Labute approximate surface area is 172 Å². The van der Waals surface area contributed by atoms with Crippen molar-refractivity contribution < 1.29 is 9.18 Å². The number of benzene rings is 1.